The fourth-order valence-corrected chi connectivity index (χ4v) is 5.82. The number of pyridine rings is 2. The molecule has 2 aliphatic rings. The summed E-state index contributed by atoms with van der Waals surface area (Å²) < 4.78 is 57.6. The number of hydrogen-bond acceptors (Lipinski definition) is 5. The van der Waals surface area contributed by atoms with E-state index in [2.05, 4.69) is 26.5 Å². The highest BCUT2D eigenvalue weighted by Gasteiger charge is 2.31. The molecule has 2 aromatic heterocycles. The Morgan fingerprint density at radius 1 is 1.17 bits per heavy atom. The Balaban J connectivity index is 1.67. The zero-order chi connectivity index (χ0) is 25.2. The zero-order valence-electron chi connectivity index (χ0n) is 20.0. The molecule has 4 rings (SSSR count). The molecule has 0 bridgehead atoms. The van der Waals surface area contributed by atoms with Gasteiger partial charge in [0, 0.05) is 13.1 Å². The van der Waals surface area contributed by atoms with Gasteiger partial charge in [0.2, 0.25) is 0 Å². The fourth-order valence-electron chi connectivity index (χ4n) is 4.62. The summed E-state index contributed by atoms with van der Waals surface area (Å²) in [6.45, 7) is 5.77. The number of hydrogen-bond donors (Lipinski definition) is 1. The van der Waals surface area contributed by atoms with Crippen LogP contribution in [0.5, 0.6) is 0 Å². The maximum absolute atomic E-state index is 14.4. The zero-order valence-corrected chi connectivity index (χ0v) is 21.9. The van der Waals surface area contributed by atoms with E-state index in [1.807, 2.05) is 19.1 Å². The molecule has 0 radical (unpaired) electrons. The van der Waals surface area contributed by atoms with Crippen molar-refractivity contribution in [3.63, 3.8) is 0 Å². The molecule has 6 nitrogen and oxygen atoms in total. The van der Waals surface area contributed by atoms with Crippen LogP contribution >= 0.6 is 9.24 Å². The summed E-state index contributed by atoms with van der Waals surface area (Å²) in [5.41, 5.74) is -1.85. The SMILES string of the molecule is CCC1=CCCC=C1c1nc(NS(=O)(=O)c2cccc(N3CCCC(C)C3)n2)ccc1C(F)(F)P. The Kier molecular flexibility index (Phi) is 7.57. The van der Waals surface area contributed by atoms with Gasteiger partial charge in [0.1, 0.15) is 11.6 Å². The van der Waals surface area contributed by atoms with Crippen molar-refractivity contribution in [1.82, 2.24) is 9.97 Å². The highest BCUT2D eigenvalue weighted by molar-refractivity contribution is 7.92. The summed E-state index contributed by atoms with van der Waals surface area (Å²) in [5, 5.41) is -0.136. The van der Waals surface area contributed by atoms with Crippen LogP contribution in [0.1, 0.15) is 57.2 Å². The van der Waals surface area contributed by atoms with Crippen molar-refractivity contribution in [2.75, 3.05) is 22.7 Å². The van der Waals surface area contributed by atoms with E-state index in [1.54, 1.807) is 21.4 Å². The van der Waals surface area contributed by atoms with Crippen molar-refractivity contribution in [3.8, 4) is 0 Å². The van der Waals surface area contributed by atoms with Crippen molar-refractivity contribution in [2.45, 2.75) is 56.6 Å². The van der Waals surface area contributed by atoms with E-state index in [9.17, 15) is 17.2 Å². The van der Waals surface area contributed by atoms with Gasteiger partial charge >= 0.3 is 0 Å². The van der Waals surface area contributed by atoms with E-state index in [-0.39, 0.29) is 22.1 Å². The number of alkyl halides is 2. The molecule has 2 aromatic rings. The molecule has 0 spiro atoms. The van der Waals surface area contributed by atoms with E-state index in [0.29, 0.717) is 30.2 Å². The molecule has 0 aromatic carbocycles. The van der Waals surface area contributed by atoms with Gasteiger partial charge in [-0.1, -0.05) is 41.3 Å². The predicted octanol–water partition coefficient (Wildman–Crippen LogP) is 5.95. The highest BCUT2D eigenvalue weighted by Crippen LogP contribution is 2.42. The lowest BCUT2D eigenvalue weighted by atomic mass is 9.91. The number of halogens is 2. The minimum atomic E-state index is -4.08. The van der Waals surface area contributed by atoms with E-state index < -0.39 is 15.7 Å². The lowest BCUT2D eigenvalue weighted by Gasteiger charge is -2.32. The maximum atomic E-state index is 14.4. The minimum Gasteiger partial charge on any atom is -0.356 e. The number of nitrogens with zero attached hydrogens (tertiary/aromatic N) is 3. The van der Waals surface area contributed by atoms with Gasteiger partial charge < -0.3 is 4.90 Å². The second-order valence-corrected chi connectivity index (χ2v) is 11.5. The van der Waals surface area contributed by atoms with Crippen LogP contribution < -0.4 is 9.62 Å². The van der Waals surface area contributed by atoms with Gasteiger partial charge in [0.15, 0.2) is 5.03 Å². The van der Waals surface area contributed by atoms with Crippen LogP contribution in [0.4, 0.5) is 20.4 Å². The lowest BCUT2D eigenvalue weighted by molar-refractivity contribution is 0.103. The number of sulfonamides is 1. The summed E-state index contributed by atoms with van der Waals surface area (Å²) in [7, 11) is -2.53. The Morgan fingerprint density at radius 3 is 2.66 bits per heavy atom. The van der Waals surface area contributed by atoms with E-state index in [4.69, 9.17) is 0 Å². The Morgan fingerprint density at radius 2 is 1.94 bits per heavy atom. The Bertz CT molecular complexity index is 1260. The van der Waals surface area contributed by atoms with Gasteiger partial charge in [0.05, 0.1) is 11.3 Å². The summed E-state index contributed by atoms with van der Waals surface area (Å²) in [6.07, 6.45) is 8.30. The molecule has 1 fully saturated rings. The standard InChI is InChI=1S/C25H31F2N4O2PS/c1-3-18-9-4-5-10-19(18)24-20(25(26,27)34)13-14-21(28-24)30-35(32,33)23-12-6-11-22(29-23)31-15-7-8-17(2)16-31/h6,9-14,17H,3-5,7-8,15-16,34H2,1-2H3,(H,28,30). The molecule has 35 heavy (non-hydrogen) atoms. The number of piperidine rings is 1. The van der Waals surface area contributed by atoms with Crippen molar-refractivity contribution in [3.05, 3.63) is 59.3 Å². The summed E-state index contributed by atoms with van der Waals surface area (Å²) in [4.78, 5) is 10.9. The largest absolute Gasteiger partial charge is 0.356 e. The number of rotatable bonds is 7. The number of aromatic nitrogens is 2. The first kappa shape index (κ1) is 25.7. The van der Waals surface area contributed by atoms with Crippen LogP contribution in [0.25, 0.3) is 5.57 Å². The average Bonchev–Trinajstić information content (AvgIpc) is 2.83. The maximum Gasteiger partial charge on any atom is 0.285 e. The summed E-state index contributed by atoms with van der Waals surface area (Å²) >= 11 is 0. The average molecular weight is 521 g/mol. The van der Waals surface area contributed by atoms with Crippen molar-refractivity contribution >= 4 is 36.5 Å². The van der Waals surface area contributed by atoms with Gasteiger partial charge in [0.25, 0.3) is 15.7 Å². The third kappa shape index (κ3) is 5.89. The first-order chi connectivity index (χ1) is 16.6. The first-order valence-electron chi connectivity index (χ1n) is 11.9. The topological polar surface area (TPSA) is 75.2 Å². The van der Waals surface area contributed by atoms with Crippen LogP contribution in [0.3, 0.4) is 0 Å². The molecule has 0 saturated carbocycles. The Labute approximate surface area is 208 Å². The monoisotopic (exact) mass is 520 g/mol. The third-order valence-corrected chi connectivity index (χ3v) is 7.91. The molecule has 1 saturated heterocycles. The fraction of sp³-hybridized carbons (Fsp3) is 0.440. The van der Waals surface area contributed by atoms with E-state index in [0.717, 1.165) is 37.9 Å². The van der Waals surface area contributed by atoms with Crippen molar-refractivity contribution in [1.29, 1.82) is 0 Å². The smallest absolute Gasteiger partial charge is 0.285 e. The third-order valence-electron chi connectivity index (χ3n) is 6.35. The normalized spacial score (nSPS) is 19.2. The van der Waals surface area contributed by atoms with Crippen LogP contribution in [0.15, 0.2) is 53.1 Å². The van der Waals surface area contributed by atoms with Crippen LogP contribution in [0.2, 0.25) is 0 Å². The quantitative estimate of drug-likeness (QED) is 0.457. The van der Waals surface area contributed by atoms with Crippen LogP contribution in [-0.4, -0.2) is 31.5 Å². The highest BCUT2D eigenvalue weighted by atomic mass is 32.2. The minimum absolute atomic E-state index is 0.0290. The van der Waals surface area contributed by atoms with Crippen LogP contribution in [0, 0.1) is 5.92 Å². The molecule has 10 heteroatoms. The summed E-state index contributed by atoms with van der Waals surface area (Å²) in [5.74, 6) is 1.09. The van der Waals surface area contributed by atoms with Crippen LogP contribution in [-0.2, 0) is 15.7 Å². The second-order valence-electron chi connectivity index (χ2n) is 9.13. The number of nitrogens with one attached hydrogen (secondary N) is 1. The van der Waals surface area contributed by atoms with Crippen molar-refractivity contribution in [2.24, 2.45) is 5.92 Å². The molecule has 2 unspecified atom stereocenters. The molecule has 188 valence electrons. The molecule has 3 heterocycles. The number of anilines is 2. The van der Waals surface area contributed by atoms with Gasteiger partial charge in [-0.05, 0) is 73.4 Å². The molecule has 1 aliphatic carbocycles. The second kappa shape index (κ2) is 10.3. The molecule has 2 atom stereocenters. The van der Waals surface area contributed by atoms with Gasteiger partial charge in [-0.25, -0.2) is 9.97 Å². The first-order valence-corrected chi connectivity index (χ1v) is 14.0. The molecule has 1 N–H and O–H groups in total. The lowest BCUT2D eigenvalue weighted by Crippen LogP contribution is -2.35. The number of allylic oxidation sites excluding steroid dienone is 4. The van der Waals surface area contributed by atoms with Crippen molar-refractivity contribution < 1.29 is 17.2 Å². The molecular formula is C25H31F2N4O2PS. The van der Waals surface area contributed by atoms with E-state index in [1.165, 1.54) is 18.2 Å². The molecular weight excluding hydrogens is 489 g/mol. The summed E-state index contributed by atoms with van der Waals surface area (Å²) in [6, 6.07) is 7.39. The van der Waals surface area contributed by atoms with Gasteiger partial charge in [-0.2, -0.15) is 17.2 Å². The molecule has 0 amide bonds. The van der Waals surface area contributed by atoms with Gasteiger partial charge in [-0.15, -0.1) is 0 Å². The molecule has 1 aliphatic heterocycles. The van der Waals surface area contributed by atoms with Gasteiger partial charge in [-0.3, -0.25) is 4.72 Å². The Hall–Kier alpha value is -2.38. The van der Waals surface area contributed by atoms with E-state index >= 15 is 0 Å². The predicted molar refractivity (Wildman–Crippen MR) is 139 cm³/mol.